The second kappa shape index (κ2) is 2.92. The fraction of sp³-hybridized carbons (Fsp3) is 0.300. The van der Waals surface area contributed by atoms with Gasteiger partial charge in [-0.3, -0.25) is 4.99 Å². The predicted octanol–water partition coefficient (Wildman–Crippen LogP) is 1.98. The first-order valence-electron chi connectivity index (χ1n) is 4.56. The van der Waals surface area contributed by atoms with Gasteiger partial charge in [0, 0.05) is 17.5 Å². The number of rotatable bonds is 1. The maximum atomic E-state index is 5.21. The third-order valence-electron chi connectivity index (χ3n) is 2.46. The van der Waals surface area contributed by atoms with Crippen LogP contribution in [-0.4, -0.2) is 25.4 Å². The molecule has 0 fully saturated rings. The van der Waals surface area contributed by atoms with E-state index in [4.69, 9.17) is 4.74 Å². The second-order valence-electron chi connectivity index (χ2n) is 3.25. The molecule has 2 aliphatic heterocycles. The number of aliphatic imine (C=N–C) groups is 1. The van der Waals surface area contributed by atoms with Crippen LogP contribution in [0.3, 0.4) is 0 Å². The molecule has 14 heavy (non-hydrogen) atoms. The summed E-state index contributed by atoms with van der Waals surface area (Å²) in [4.78, 5) is 7.97. The molecular formula is C10H10N2OS. The van der Waals surface area contributed by atoms with E-state index in [-0.39, 0.29) is 0 Å². The van der Waals surface area contributed by atoms with E-state index in [0.29, 0.717) is 0 Å². The van der Waals surface area contributed by atoms with Gasteiger partial charge in [-0.15, -0.1) is 0 Å². The summed E-state index contributed by atoms with van der Waals surface area (Å²) >= 11 is 1.75. The lowest BCUT2D eigenvalue weighted by Gasteiger charge is -2.12. The van der Waals surface area contributed by atoms with Gasteiger partial charge in [-0.2, -0.15) is 0 Å². The van der Waals surface area contributed by atoms with Gasteiger partial charge >= 0.3 is 0 Å². The minimum atomic E-state index is 0.914. The van der Waals surface area contributed by atoms with Crippen molar-refractivity contribution in [2.75, 3.05) is 25.1 Å². The van der Waals surface area contributed by atoms with E-state index in [1.165, 1.54) is 10.6 Å². The number of benzene rings is 1. The van der Waals surface area contributed by atoms with Crippen molar-refractivity contribution in [3.8, 4) is 5.75 Å². The van der Waals surface area contributed by atoms with Gasteiger partial charge in [0.2, 0.25) is 0 Å². The molecule has 0 spiro atoms. The molecule has 3 nitrogen and oxygen atoms in total. The van der Waals surface area contributed by atoms with Crippen LogP contribution in [0, 0.1) is 0 Å². The summed E-state index contributed by atoms with van der Waals surface area (Å²) in [6.07, 6.45) is 0. The van der Waals surface area contributed by atoms with E-state index >= 15 is 0 Å². The minimum absolute atomic E-state index is 0.914. The molecule has 0 bridgehead atoms. The molecule has 2 aliphatic rings. The van der Waals surface area contributed by atoms with E-state index in [1.807, 2.05) is 6.07 Å². The summed E-state index contributed by atoms with van der Waals surface area (Å²) in [6, 6.07) is 6.17. The zero-order chi connectivity index (χ0) is 9.54. The van der Waals surface area contributed by atoms with Crippen LogP contribution >= 0.6 is 11.8 Å². The van der Waals surface area contributed by atoms with E-state index in [9.17, 15) is 0 Å². The van der Waals surface area contributed by atoms with Crippen molar-refractivity contribution in [3.63, 3.8) is 0 Å². The molecule has 0 aromatic heterocycles. The third-order valence-corrected chi connectivity index (χ3v) is 3.56. The molecule has 1 aromatic carbocycles. The van der Waals surface area contributed by atoms with Crippen LogP contribution in [0.15, 0.2) is 28.1 Å². The van der Waals surface area contributed by atoms with Gasteiger partial charge in [0.05, 0.1) is 19.3 Å². The van der Waals surface area contributed by atoms with Gasteiger partial charge in [0.25, 0.3) is 0 Å². The van der Waals surface area contributed by atoms with Gasteiger partial charge in [0.1, 0.15) is 5.75 Å². The first-order valence-corrected chi connectivity index (χ1v) is 5.38. The molecule has 3 rings (SSSR count). The number of hydrogen-bond acceptors (Lipinski definition) is 4. The number of anilines is 1. The first kappa shape index (κ1) is 8.17. The largest absolute Gasteiger partial charge is 0.497 e. The molecular weight excluding hydrogens is 196 g/mol. The SMILES string of the molecule is COc1ccc2c(c1)N1CCN=C1S2. The van der Waals surface area contributed by atoms with Crippen molar-refractivity contribution in [1.82, 2.24) is 0 Å². The summed E-state index contributed by atoms with van der Waals surface area (Å²) in [7, 11) is 1.70. The topological polar surface area (TPSA) is 24.8 Å². The van der Waals surface area contributed by atoms with E-state index in [1.54, 1.807) is 18.9 Å². The molecule has 0 aliphatic carbocycles. The number of amidine groups is 1. The highest BCUT2D eigenvalue weighted by Gasteiger charge is 2.29. The van der Waals surface area contributed by atoms with Crippen molar-refractivity contribution in [2.45, 2.75) is 4.90 Å². The number of ether oxygens (including phenoxy) is 1. The molecule has 0 atom stereocenters. The minimum Gasteiger partial charge on any atom is -0.497 e. The third kappa shape index (κ3) is 1.04. The molecule has 4 heteroatoms. The molecule has 0 saturated carbocycles. The lowest BCUT2D eigenvalue weighted by Crippen LogP contribution is -2.20. The second-order valence-corrected chi connectivity index (χ2v) is 4.26. The Morgan fingerprint density at radius 2 is 2.43 bits per heavy atom. The average molecular weight is 206 g/mol. The quantitative estimate of drug-likeness (QED) is 0.702. The van der Waals surface area contributed by atoms with Crippen LogP contribution < -0.4 is 9.64 Å². The zero-order valence-corrected chi connectivity index (χ0v) is 8.67. The summed E-state index contributed by atoms with van der Waals surface area (Å²) in [5, 5.41) is 1.13. The average Bonchev–Trinajstić information content (AvgIpc) is 2.76. The van der Waals surface area contributed by atoms with Gasteiger partial charge in [-0.25, -0.2) is 0 Å². The highest BCUT2D eigenvalue weighted by atomic mass is 32.2. The molecule has 0 radical (unpaired) electrons. The maximum Gasteiger partial charge on any atom is 0.168 e. The summed E-state index contributed by atoms with van der Waals surface area (Å²) in [5.74, 6) is 0.914. The Hall–Kier alpha value is -1.16. The standard InChI is InChI=1S/C10H10N2OS/c1-13-7-2-3-9-8(6-7)12-5-4-11-10(12)14-9/h2-3,6H,4-5H2,1H3. The number of hydrogen-bond donors (Lipinski definition) is 0. The van der Waals surface area contributed by atoms with E-state index in [0.717, 1.165) is 24.0 Å². The number of fused-ring (bicyclic) bond motifs is 3. The highest BCUT2D eigenvalue weighted by Crippen LogP contribution is 2.43. The molecule has 72 valence electrons. The summed E-state index contributed by atoms with van der Waals surface area (Å²) in [6.45, 7) is 1.92. The van der Waals surface area contributed by atoms with Crippen LogP contribution in [0.1, 0.15) is 0 Å². The van der Waals surface area contributed by atoms with Crippen LogP contribution in [0.4, 0.5) is 5.69 Å². The highest BCUT2D eigenvalue weighted by molar-refractivity contribution is 8.14. The zero-order valence-electron chi connectivity index (χ0n) is 7.86. The number of methoxy groups -OCH3 is 1. The fourth-order valence-corrected chi connectivity index (χ4v) is 2.82. The van der Waals surface area contributed by atoms with Gasteiger partial charge < -0.3 is 9.64 Å². The van der Waals surface area contributed by atoms with Crippen molar-refractivity contribution in [1.29, 1.82) is 0 Å². The summed E-state index contributed by atoms with van der Waals surface area (Å²) < 4.78 is 5.21. The lowest BCUT2D eigenvalue weighted by atomic mass is 10.3. The normalized spacial score (nSPS) is 17.8. The smallest absolute Gasteiger partial charge is 0.168 e. The van der Waals surface area contributed by atoms with Crippen molar-refractivity contribution >= 4 is 22.6 Å². The Balaban J connectivity index is 2.09. The summed E-state index contributed by atoms with van der Waals surface area (Å²) in [5.41, 5.74) is 1.24. The Morgan fingerprint density at radius 3 is 3.29 bits per heavy atom. The van der Waals surface area contributed by atoms with Crippen molar-refractivity contribution in [2.24, 2.45) is 4.99 Å². The monoisotopic (exact) mass is 206 g/mol. The van der Waals surface area contributed by atoms with Crippen LogP contribution in [0.25, 0.3) is 0 Å². The number of thioether (sulfide) groups is 1. The number of nitrogens with zero attached hydrogens (tertiary/aromatic N) is 2. The molecule has 0 unspecified atom stereocenters. The molecule has 1 aromatic rings. The first-order chi connectivity index (χ1) is 6.88. The molecule has 0 N–H and O–H groups in total. The van der Waals surface area contributed by atoms with E-state index < -0.39 is 0 Å². The van der Waals surface area contributed by atoms with Crippen molar-refractivity contribution < 1.29 is 4.74 Å². The van der Waals surface area contributed by atoms with Crippen LogP contribution in [0.2, 0.25) is 0 Å². The maximum absolute atomic E-state index is 5.21. The lowest BCUT2D eigenvalue weighted by molar-refractivity contribution is 0.414. The van der Waals surface area contributed by atoms with Gasteiger partial charge in [0.15, 0.2) is 5.17 Å². The van der Waals surface area contributed by atoms with Crippen molar-refractivity contribution in [3.05, 3.63) is 18.2 Å². The Labute approximate surface area is 86.8 Å². The Bertz CT molecular complexity index is 417. The molecule has 2 heterocycles. The van der Waals surface area contributed by atoms with Gasteiger partial charge in [-0.1, -0.05) is 0 Å². The predicted molar refractivity (Wildman–Crippen MR) is 58.5 cm³/mol. The van der Waals surface area contributed by atoms with E-state index in [2.05, 4.69) is 22.0 Å². The Kier molecular flexibility index (Phi) is 1.70. The fourth-order valence-electron chi connectivity index (χ4n) is 1.76. The van der Waals surface area contributed by atoms with Crippen LogP contribution in [0.5, 0.6) is 5.75 Å². The van der Waals surface area contributed by atoms with Gasteiger partial charge in [-0.05, 0) is 23.9 Å². The molecule has 0 saturated heterocycles. The Morgan fingerprint density at radius 1 is 1.50 bits per heavy atom. The molecule has 0 amide bonds. The van der Waals surface area contributed by atoms with Crippen LogP contribution in [-0.2, 0) is 0 Å².